The van der Waals surface area contributed by atoms with Gasteiger partial charge in [-0.05, 0) is 34.5 Å². The zero-order valence-corrected chi connectivity index (χ0v) is 9.05. The van der Waals surface area contributed by atoms with Crippen LogP contribution in [0.25, 0.3) is 0 Å². The molecule has 0 radical (unpaired) electrons. The van der Waals surface area contributed by atoms with Gasteiger partial charge in [0.15, 0.2) is 0 Å². The van der Waals surface area contributed by atoms with Crippen LogP contribution in [0.3, 0.4) is 0 Å². The van der Waals surface area contributed by atoms with Gasteiger partial charge in [0.2, 0.25) is 0 Å². The van der Waals surface area contributed by atoms with Crippen molar-refractivity contribution >= 4 is 15.9 Å². The Balaban J connectivity index is 2.44. The number of halogens is 2. The Kier molecular flexibility index (Phi) is 4.41. The van der Waals surface area contributed by atoms with Crippen LogP contribution in [0.5, 0.6) is 5.75 Å². The normalized spacial score (nSPS) is 9.50. The lowest BCUT2D eigenvalue weighted by molar-refractivity contribution is 0.311. The van der Waals surface area contributed by atoms with Crippen molar-refractivity contribution < 1.29 is 9.13 Å². The van der Waals surface area contributed by atoms with E-state index in [1.54, 1.807) is 12.1 Å². The Morgan fingerprint density at radius 1 is 1.50 bits per heavy atom. The predicted molar refractivity (Wildman–Crippen MR) is 54.4 cm³/mol. The SMILES string of the molecule is N#CCCCOc1ccc(Br)c(F)c1. The molecule has 4 heteroatoms. The van der Waals surface area contributed by atoms with Crippen molar-refractivity contribution in [2.45, 2.75) is 12.8 Å². The highest BCUT2D eigenvalue weighted by Gasteiger charge is 2.00. The predicted octanol–water partition coefficient (Wildman–Crippen LogP) is 3.27. The maximum Gasteiger partial charge on any atom is 0.141 e. The number of ether oxygens (including phenoxy) is 1. The molecule has 0 saturated heterocycles. The quantitative estimate of drug-likeness (QED) is 0.776. The number of unbranched alkanes of at least 4 members (excludes halogenated alkanes) is 1. The number of hydrogen-bond acceptors (Lipinski definition) is 2. The molecule has 0 unspecified atom stereocenters. The van der Waals surface area contributed by atoms with Crippen molar-refractivity contribution in [3.8, 4) is 11.8 Å². The van der Waals surface area contributed by atoms with Crippen LogP contribution >= 0.6 is 15.9 Å². The first-order valence-corrected chi connectivity index (χ1v) is 4.98. The Morgan fingerprint density at radius 3 is 2.93 bits per heavy atom. The van der Waals surface area contributed by atoms with E-state index in [0.717, 1.165) is 0 Å². The highest BCUT2D eigenvalue weighted by Crippen LogP contribution is 2.20. The summed E-state index contributed by atoms with van der Waals surface area (Å²) in [6.45, 7) is 0.439. The Bertz CT molecular complexity index is 348. The van der Waals surface area contributed by atoms with Gasteiger partial charge in [0.1, 0.15) is 11.6 Å². The van der Waals surface area contributed by atoms with Gasteiger partial charge in [-0.2, -0.15) is 5.26 Å². The first-order valence-electron chi connectivity index (χ1n) is 4.19. The van der Waals surface area contributed by atoms with E-state index in [-0.39, 0.29) is 5.82 Å². The standard InChI is InChI=1S/C10H9BrFNO/c11-9-4-3-8(7-10(9)12)14-6-2-1-5-13/h3-4,7H,1-2,6H2. The average Bonchev–Trinajstić information content (AvgIpc) is 2.18. The van der Waals surface area contributed by atoms with Gasteiger partial charge >= 0.3 is 0 Å². The van der Waals surface area contributed by atoms with Crippen molar-refractivity contribution in [1.82, 2.24) is 0 Å². The fraction of sp³-hybridized carbons (Fsp3) is 0.300. The van der Waals surface area contributed by atoms with Crippen LogP contribution in [0, 0.1) is 17.1 Å². The van der Waals surface area contributed by atoms with Crippen molar-refractivity contribution in [2.75, 3.05) is 6.61 Å². The summed E-state index contributed by atoms with van der Waals surface area (Å²) < 4.78 is 18.6. The molecule has 0 saturated carbocycles. The molecule has 0 atom stereocenters. The fourth-order valence-electron chi connectivity index (χ4n) is 0.908. The number of nitrogens with zero attached hydrogens (tertiary/aromatic N) is 1. The molecule has 0 aliphatic rings. The molecule has 0 heterocycles. The molecule has 14 heavy (non-hydrogen) atoms. The van der Waals surface area contributed by atoms with Crippen molar-refractivity contribution in [3.05, 3.63) is 28.5 Å². The summed E-state index contributed by atoms with van der Waals surface area (Å²) in [5.41, 5.74) is 0. The Morgan fingerprint density at radius 2 is 2.29 bits per heavy atom. The van der Waals surface area contributed by atoms with Crippen molar-refractivity contribution in [2.24, 2.45) is 0 Å². The number of nitriles is 1. The molecule has 0 N–H and O–H groups in total. The third-order valence-electron chi connectivity index (χ3n) is 1.59. The van der Waals surface area contributed by atoms with Crippen LogP contribution in [0.4, 0.5) is 4.39 Å². The van der Waals surface area contributed by atoms with Crippen molar-refractivity contribution in [3.63, 3.8) is 0 Å². The lowest BCUT2D eigenvalue weighted by Gasteiger charge is -2.04. The molecule has 0 aliphatic carbocycles. The maximum absolute atomic E-state index is 13.0. The Labute approximate surface area is 90.4 Å². The van der Waals surface area contributed by atoms with Crippen LogP contribution in [0.1, 0.15) is 12.8 Å². The van der Waals surface area contributed by atoms with E-state index in [9.17, 15) is 4.39 Å². The summed E-state index contributed by atoms with van der Waals surface area (Å²) in [5.74, 6) is 0.145. The molecule has 1 rings (SSSR count). The second-order valence-electron chi connectivity index (χ2n) is 2.69. The average molecular weight is 258 g/mol. The molecular weight excluding hydrogens is 249 g/mol. The van der Waals surface area contributed by atoms with Gasteiger partial charge in [-0.15, -0.1) is 0 Å². The minimum Gasteiger partial charge on any atom is -0.493 e. The Hall–Kier alpha value is -1.08. The second kappa shape index (κ2) is 5.61. The van der Waals surface area contributed by atoms with E-state index in [4.69, 9.17) is 10.00 Å². The fourth-order valence-corrected chi connectivity index (χ4v) is 1.15. The van der Waals surface area contributed by atoms with Gasteiger partial charge in [0.05, 0.1) is 17.1 Å². The van der Waals surface area contributed by atoms with Crippen LogP contribution in [-0.2, 0) is 0 Å². The van der Waals surface area contributed by atoms with Crippen molar-refractivity contribution in [1.29, 1.82) is 5.26 Å². The van der Waals surface area contributed by atoms with E-state index in [1.165, 1.54) is 6.07 Å². The molecule has 2 nitrogen and oxygen atoms in total. The molecule has 0 amide bonds. The van der Waals surface area contributed by atoms with Gasteiger partial charge in [0, 0.05) is 12.5 Å². The van der Waals surface area contributed by atoms with Crippen LogP contribution in [-0.4, -0.2) is 6.61 Å². The third kappa shape index (κ3) is 3.35. The van der Waals surface area contributed by atoms with E-state index >= 15 is 0 Å². The zero-order chi connectivity index (χ0) is 10.4. The minimum atomic E-state index is -0.345. The molecule has 0 bridgehead atoms. The monoisotopic (exact) mass is 257 g/mol. The zero-order valence-electron chi connectivity index (χ0n) is 7.46. The first kappa shape index (κ1) is 11.0. The highest BCUT2D eigenvalue weighted by atomic mass is 79.9. The van der Waals surface area contributed by atoms with Gasteiger partial charge in [-0.1, -0.05) is 0 Å². The lowest BCUT2D eigenvalue weighted by atomic mass is 10.3. The van der Waals surface area contributed by atoms with Gasteiger partial charge in [0.25, 0.3) is 0 Å². The van der Waals surface area contributed by atoms with Gasteiger partial charge in [-0.25, -0.2) is 4.39 Å². The first-order chi connectivity index (χ1) is 6.74. The summed E-state index contributed by atoms with van der Waals surface area (Å²) in [6.07, 6.45) is 1.12. The summed E-state index contributed by atoms with van der Waals surface area (Å²) in [4.78, 5) is 0. The topological polar surface area (TPSA) is 33.0 Å². The molecule has 0 fully saturated rings. The molecule has 74 valence electrons. The summed E-state index contributed by atoms with van der Waals surface area (Å²) in [7, 11) is 0. The molecule has 1 aromatic rings. The minimum absolute atomic E-state index is 0.345. The second-order valence-corrected chi connectivity index (χ2v) is 3.54. The van der Waals surface area contributed by atoms with E-state index in [0.29, 0.717) is 29.7 Å². The summed E-state index contributed by atoms with van der Waals surface area (Å²) in [6, 6.07) is 6.60. The number of benzene rings is 1. The maximum atomic E-state index is 13.0. The van der Waals surface area contributed by atoms with Gasteiger partial charge in [-0.3, -0.25) is 0 Å². The number of rotatable bonds is 4. The van der Waals surface area contributed by atoms with E-state index < -0.39 is 0 Å². The van der Waals surface area contributed by atoms with E-state index in [1.807, 2.05) is 6.07 Å². The summed E-state index contributed by atoms with van der Waals surface area (Å²) >= 11 is 3.05. The molecule has 1 aromatic carbocycles. The van der Waals surface area contributed by atoms with Crippen LogP contribution in [0.15, 0.2) is 22.7 Å². The number of hydrogen-bond donors (Lipinski definition) is 0. The molecule has 0 spiro atoms. The largest absolute Gasteiger partial charge is 0.493 e. The highest BCUT2D eigenvalue weighted by molar-refractivity contribution is 9.10. The van der Waals surface area contributed by atoms with E-state index in [2.05, 4.69) is 15.9 Å². The summed E-state index contributed by atoms with van der Waals surface area (Å²) in [5, 5.41) is 8.27. The van der Waals surface area contributed by atoms with Crippen LogP contribution < -0.4 is 4.74 Å². The lowest BCUT2D eigenvalue weighted by Crippen LogP contribution is -1.96. The third-order valence-corrected chi connectivity index (χ3v) is 2.24. The van der Waals surface area contributed by atoms with Gasteiger partial charge < -0.3 is 4.74 Å². The smallest absolute Gasteiger partial charge is 0.141 e. The molecular formula is C10H9BrFNO. The molecule has 0 aliphatic heterocycles. The molecule has 0 aromatic heterocycles. The van der Waals surface area contributed by atoms with Crippen LogP contribution in [0.2, 0.25) is 0 Å².